The monoisotopic (exact) mass is 214 g/mol. The standard InChI is InChI=1S/C12H25NP/c1-5-6-12-7-11(2)8-13(9-12)10-14(3)4/h11-12H,3,5-10H2,1-2,4H3/q+1. The van der Waals surface area contributed by atoms with Gasteiger partial charge in [0.05, 0.1) is 20.5 Å². The highest BCUT2D eigenvalue weighted by Gasteiger charge is 2.25. The second-order valence-electron chi connectivity index (χ2n) is 5.03. The van der Waals surface area contributed by atoms with E-state index < -0.39 is 0 Å². The molecule has 0 N–H and O–H groups in total. The Morgan fingerprint density at radius 3 is 2.71 bits per heavy atom. The summed E-state index contributed by atoms with van der Waals surface area (Å²) in [6.45, 7) is 9.62. The summed E-state index contributed by atoms with van der Waals surface area (Å²) in [4.78, 5) is 2.65. The Balaban J connectivity index is 2.41. The van der Waals surface area contributed by atoms with E-state index >= 15 is 0 Å². The van der Waals surface area contributed by atoms with Gasteiger partial charge >= 0.3 is 0 Å². The molecule has 0 spiro atoms. The number of piperidine rings is 1. The molecule has 0 amide bonds. The van der Waals surface area contributed by atoms with Gasteiger partial charge < -0.3 is 0 Å². The van der Waals surface area contributed by atoms with Crippen molar-refractivity contribution in [3.8, 4) is 0 Å². The highest BCUT2D eigenvalue weighted by molar-refractivity contribution is 7.54. The Kier molecular flexibility index (Phi) is 5.12. The molecule has 0 aromatic rings. The van der Waals surface area contributed by atoms with Gasteiger partial charge in [0.25, 0.3) is 0 Å². The lowest BCUT2D eigenvalue weighted by atomic mass is 9.88. The second kappa shape index (κ2) is 5.88. The first kappa shape index (κ1) is 12.2. The molecule has 3 unspecified atom stereocenters. The van der Waals surface area contributed by atoms with E-state index in [2.05, 4.69) is 31.7 Å². The van der Waals surface area contributed by atoms with Crippen LogP contribution in [-0.2, 0) is 0 Å². The van der Waals surface area contributed by atoms with Crippen molar-refractivity contribution in [3.63, 3.8) is 0 Å². The molecule has 1 rings (SSSR count). The summed E-state index contributed by atoms with van der Waals surface area (Å²) < 4.78 is 0. The molecule has 82 valence electrons. The molecule has 1 saturated heterocycles. The predicted molar refractivity (Wildman–Crippen MR) is 68.6 cm³/mol. The zero-order valence-corrected chi connectivity index (χ0v) is 10.9. The molecule has 0 aromatic carbocycles. The predicted octanol–water partition coefficient (Wildman–Crippen LogP) is 3.25. The van der Waals surface area contributed by atoms with Gasteiger partial charge in [0.1, 0.15) is 0 Å². The average molecular weight is 214 g/mol. The van der Waals surface area contributed by atoms with E-state index in [1.807, 2.05) is 0 Å². The maximum atomic E-state index is 4.15. The van der Waals surface area contributed by atoms with Gasteiger partial charge in [-0.2, -0.15) is 0 Å². The molecular weight excluding hydrogens is 189 g/mol. The van der Waals surface area contributed by atoms with Crippen molar-refractivity contribution in [1.29, 1.82) is 0 Å². The van der Waals surface area contributed by atoms with Crippen molar-refractivity contribution in [2.24, 2.45) is 11.8 Å². The smallest absolute Gasteiger partial charge is 0.158 e. The second-order valence-corrected chi connectivity index (χ2v) is 7.02. The summed E-state index contributed by atoms with van der Waals surface area (Å²) in [5, 5.41) is 0. The topological polar surface area (TPSA) is 3.24 Å². The molecule has 1 fully saturated rings. The summed E-state index contributed by atoms with van der Waals surface area (Å²) in [5.74, 6) is 1.86. The minimum absolute atomic E-state index is 0.00522. The van der Waals surface area contributed by atoms with Crippen LogP contribution in [0.25, 0.3) is 0 Å². The fourth-order valence-electron chi connectivity index (χ4n) is 2.67. The van der Waals surface area contributed by atoms with Gasteiger partial charge in [-0.05, 0) is 24.7 Å². The SMILES string of the molecule is C=[P+](C)CN1CC(C)CC(CCC)C1. The summed E-state index contributed by atoms with van der Waals surface area (Å²) in [7, 11) is 0.00522. The van der Waals surface area contributed by atoms with Crippen LogP contribution in [0.5, 0.6) is 0 Å². The third-order valence-electron chi connectivity index (χ3n) is 2.96. The fraction of sp³-hybridized carbons (Fsp3) is 0.917. The highest BCUT2D eigenvalue weighted by atomic mass is 31.1. The van der Waals surface area contributed by atoms with Gasteiger partial charge in [-0.1, -0.05) is 20.3 Å². The van der Waals surface area contributed by atoms with Crippen LogP contribution in [0, 0.1) is 11.8 Å². The first-order valence-corrected chi connectivity index (χ1v) is 8.01. The largest absolute Gasteiger partial charge is 0.265 e. The third kappa shape index (κ3) is 4.11. The van der Waals surface area contributed by atoms with E-state index in [1.165, 1.54) is 38.6 Å². The van der Waals surface area contributed by atoms with Crippen molar-refractivity contribution in [1.82, 2.24) is 4.90 Å². The molecule has 1 nitrogen and oxygen atoms in total. The summed E-state index contributed by atoms with van der Waals surface area (Å²) in [6.07, 6.45) is 9.61. The maximum absolute atomic E-state index is 4.15. The molecule has 0 aliphatic carbocycles. The van der Waals surface area contributed by atoms with Crippen LogP contribution in [0.1, 0.15) is 33.1 Å². The van der Waals surface area contributed by atoms with Crippen LogP contribution >= 0.6 is 7.55 Å². The average Bonchev–Trinajstić information content (AvgIpc) is 2.01. The van der Waals surface area contributed by atoms with Crippen molar-refractivity contribution in [2.75, 3.05) is 26.0 Å². The lowest BCUT2D eigenvalue weighted by Crippen LogP contribution is -2.39. The highest BCUT2D eigenvalue weighted by Crippen LogP contribution is 2.27. The molecule has 3 atom stereocenters. The number of likely N-dealkylation sites (tertiary alicyclic amines) is 1. The van der Waals surface area contributed by atoms with Crippen LogP contribution in [0.15, 0.2) is 0 Å². The zero-order chi connectivity index (χ0) is 10.6. The van der Waals surface area contributed by atoms with Crippen LogP contribution < -0.4 is 0 Å². The van der Waals surface area contributed by atoms with E-state index in [9.17, 15) is 0 Å². The lowest BCUT2D eigenvalue weighted by molar-refractivity contribution is 0.147. The number of hydrogen-bond acceptors (Lipinski definition) is 1. The van der Waals surface area contributed by atoms with Crippen LogP contribution in [0.4, 0.5) is 0 Å². The number of hydrogen-bond donors (Lipinski definition) is 0. The quantitative estimate of drug-likeness (QED) is 0.649. The molecule has 0 radical (unpaired) electrons. The molecule has 14 heavy (non-hydrogen) atoms. The van der Waals surface area contributed by atoms with Crippen molar-refractivity contribution in [2.45, 2.75) is 33.1 Å². The van der Waals surface area contributed by atoms with E-state index in [0.717, 1.165) is 11.8 Å². The van der Waals surface area contributed by atoms with Crippen LogP contribution in [-0.4, -0.2) is 37.2 Å². The third-order valence-corrected chi connectivity index (χ3v) is 3.84. The minimum atomic E-state index is 0.00522. The minimum Gasteiger partial charge on any atom is -0.265 e. The van der Waals surface area contributed by atoms with Crippen molar-refractivity contribution in [3.05, 3.63) is 0 Å². The van der Waals surface area contributed by atoms with Gasteiger partial charge in [-0.25, -0.2) is 0 Å². The van der Waals surface area contributed by atoms with Gasteiger partial charge in [0, 0.05) is 13.1 Å². The van der Waals surface area contributed by atoms with E-state index in [0.29, 0.717) is 0 Å². The molecule has 1 aliphatic heterocycles. The van der Waals surface area contributed by atoms with Crippen LogP contribution in [0.3, 0.4) is 0 Å². The maximum Gasteiger partial charge on any atom is 0.158 e. The number of rotatable bonds is 4. The Morgan fingerprint density at radius 1 is 1.43 bits per heavy atom. The van der Waals surface area contributed by atoms with E-state index in [4.69, 9.17) is 0 Å². The molecule has 0 saturated carbocycles. The molecule has 2 heteroatoms. The van der Waals surface area contributed by atoms with Crippen LogP contribution in [0.2, 0.25) is 0 Å². The lowest BCUT2D eigenvalue weighted by Gasteiger charge is -2.34. The molecule has 1 aliphatic rings. The summed E-state index contributed by atoms with van der Waals surface area (Å²) in [6, 6.07) is 0. The summed E-state index contributed by atoms with van der Waals surface area (Å²) in [5.41, 5.74) is 0. The van der Waals surface area contributed by atoms with Gasteiger partial charge in [0.15, 0.2) is 6.29 Å². The molecular formula is C12H25NP+. The van der Waals surface area contributed by atoms with Gasteiger partial charge in [-0.3, -0.25) is 4.90 Å². The van der Waals surface area contributed by atoms with Gasteiger partial charge in [0.2, 0.25) is 0 Å². The summed E-state index contributed by atoms with van der Waals surface area (Å²) >= 11 is 0. The molecule has 1 heterocycles. The van der Waals surface area contributed by atoms with Gasteiger partial charge in [-0.15, -0.1) is 0 Å². The normalized spacial score (nSPS) is 30.4. The Hall–Kier alpha value is 0.130. The fourth-order valence-corrected chi connectivity index (χ4v) is 3.59. The van der Waals surface area contributed by atoms with E-state index in [1.54, 1.807) is 0 Å². The molecule has 0 bridgehead atoms. The van der Waals surface area contributed by atoms with Crippen molar-refractivity contribution < 1.29 is 0 Å². The molecule has 0 aromatic heterocycles. The Bertz CT molecular complexity index is 191. The number of nitrogens with zero attached hydrogens (tertiary/aromatic N) is 1. The van der Waals surface area contributed by atoms with Crippen molar-refractivity contribution >= 4 is 13.8 Å². The zero-order valence-electron chi connectivity index (χ0n) is 10.00. The van der Waals surface area contributed by atoms with E-state index in [-0.39, 0.29) is 7.55 Å². The first-order valence-electron chi connectivity index (χ1n) is 5.85. The Labute approximate surface area is 90.3 Å². The Morgan fingerprint density at radius 2 is 2.14 bits per heavy atom. The first-order chi connectivity index (χ1) is 6.61.